The lowest BCUT2D eigenvalue weighted by Crippen LogP contribution is -2.41. The van der Waals surface area contributed by atoms with E-state index in [1.807, 2.05) is 0 Å². The highest BCUT2D eigenvalue weighted by molar-refractivity contribution is 5.95. The second-order valence-corrected chi connectivity index (χ2v) is 8.30. The van der Waals surface area contributed by atoms with E-state index in [-0.39, 0.29) is 17.6 Å². The minimum Gasteiger partial charge on any atom is -0.470 e. The van der Waals surface area contributed by atoms with Crippen LogP contribution in [0.25, 0.3) is 11.3 Å². The first-order valence-electron chi connectivity index (χ1n) is 11.5. The number of nitrogen functional groups attached to an aromatic ring is 1. The van der Waals surface area contributed by atoms with E-state index in [2.05, 4.69) is 20.2 Å². The van der Waals surface area contributed by atoms with Crippen molar-refractivity contribution in [1.29, 1.82) is 0 Å². The molecule has 0 bridgehead atoms. The molecular weight excluding hydrogens is 494 g/mol. The molecule has 1 aliphatic rings. The number of alkyl halides is 3. The summed E-state index contributed by atoms with van der Waals surface area (Å²) >= 11 is 0. The molecule has 2 aromatic carbocycles. The summed E-state index contributed by atoms with van der Waals surface area (Å²) in [5.41, 5.74) is 5.21. The number of hydrogen-bond acceptors (Lipinski definition) is 7. The quantitative estimate of drug-likeness (QED) is 0.439. The van der Waals surface area contributed by atoms with Crippen LogP contribution >= 0.6 is 0 Å². The second kappa shape index (κ2) is 11.5. The van der Waals surface area contributed by atoms with Gasteiger partial charge in [-0.15, -0.1) is 0 Å². The number of morpholine rings is 1. The van der Waals surface area contributed by atoms with Crippen LogP contribution in [0.15, 0.2) is 48.7 Å². The molecule has 0 unspecified atom stereocenters. The van der Waals surface area contributed by atoms with Crippen LogP contribution in [0, 0.1) is 5.82 Å². The number of hydrogen-bond donors (Lipinski definition) is 2. The number of carbonyl (C=O) groups excluding carboxylic acids is 1. The zero-order valence-electron chi connectivity index (χ0n) is 19.7. The second-order valence-electron chi connectivity index (χ2n) is 8.30. The largest absolute Gasteiger partial charge is 0.470 e. The van der Waals surface area contributed by atoms with E-state index in [4.69, 9.17) is 15.2 Å². The maximum Gasteiger partial charge on any atom is 0.419 e. The van der Waals surface area contributed by atoms with E-state index >= 15 is 0 Å². The van der Waals surface area contributed by atoms with Crippen LogP contribution in [0.2, 0.25) is 0 Å². The molecule has 12 heteroatoms. The molecule has 1 aromatic heterocycles. The van der Waals surface area contributed by atoms with Crippen molar-refractivity contribution in [2.45, 2.75) is 12.8 Å². The van der Waals surface area contributed by atoms with E-state index in [1.54, 1.807) is 24.3 Å². The van der Waals surface area contributed by atoms with E-state index < -0.39 is 29.7 Å². The molecule has 1 saturated heterocycles. The number of nitrogens with one attached hydrogen (secondary N) is 1. The average Bonchev–Trinajstić information content (AvgIpc) is 2.88. The molecule has 8 nitrogen and oxygen atoms in total. The van der Waals surface area contributed by atoms with Gasteiger partial charge in [0, 0.05) is 42.9 Å². The fourth-order valence-electron chi connectivity index (χ4n) is 3.85. The molecule has 2 heterocycles. The molecule has 1 fully saturated rings. The Hall–Kier alpha value is -3.77. The van der Waals surface area contributed by atoms with Crippen molar-refractivity contribution < 1.29 is 31.8 Å². The van der Waals surface area contributed by atoms with Gasteiger partial charge in [-0.25, -0.2) is 14.4 Å². The minimum absolute atomic E-state index is 0.147. The van der Waals surface area contributed by atoms with Crippen LogP contribution in [0.4, 0.5) is 23.4 Å². The summed E-state index contributed by atoms with van der Waals surface area (Å²) in [7, 11) is 0. The molecule has 4 rings (SSSR count). The summed E-state index contributed by atoms with van der Waals surface area (Å²) in [6.07, 6.45) is -3.53. The van der Waals surface area contributed by atoms with Crippen molar-refractivity contribution >= 4 is 11.7 Å². The Morgan fingerprint density at radius 2 is 1.92 bits per heavy atom. The van der Waals surface area contributed by atoms with E-state index in [1.165, 1.54) is 6.20 Å². The Bertz CT molecular complexity index is 1250. The van der Waals surface area contributed by atoms with Crippen molar-refractivity contribution in [3.8, 4) is 17.1 Å². The summed E-state index contributed by atoms with van der Waals surface area (Å²) in [6.45, 7) is 3.56. The Morgan fingerprint density at radius 1 is 1.16 bits per heavy atom. The number of carbonyl (C=O) groups is 1. The predicted octanol–water partition coefficient (Wildman–Crippen LogP) is 3.52. The van der Waals surface area contributed by atoms with Crippen LogP contribution in [0.5, 0.6) is 5.88 Å². The number of halogens is 4. The molecule has 37 heavy (non-hydrogen) atoms. The van der Waals surface area contributed by atoms with Gasteiger partial charge < -0.3 is 20.5 Å². The number of rotatable bonds is 8. The van der Waals surface area contributed by atoms with Crippen LogP contribution in [-0.2, 0) is 17.5 Å². The Morgan fingerprint density at radius 3 is 2.68 bits per heavy atom. The Balaban J connectivity index is 1.45. The number of nitrogens with zero attached hydrogens (tertiary/aromatic N) is 3. The molecule has 0 radical (unpaired) electrons. The van der Waals surface area contributed by atoms with Gasteiger partial charge in [0.2, 0.25) is 0 Å². The van der Waals surface area contributed by atoms with Crippen LogP contribution < -0.4 is 15.8 Å². The third kappa shape index (κ3) is 6.71. The number of benzene rings is 2. The van der Waals surface area contributed by atoms with Gasteiger partial charge in [-0.3, -0.25) is 9.69 Å². The third-order valence-corrected chi connectivity index (χ3v) is 5.75. The molecule has 0 atom stereocenters. The first-order valence-corrected chi connectivity index (χ1v) is 11.5. The molecule has 3 N–H and O–H groups in total. The topological polar surface area (TPSA) is 103 Å². The molecule has 3 aromatic rings. The van der Waals surface area contributed by atoms with Crippen LogP contribution in [0.3, 0.4) is 0 Å². The smallest absolute Gasteiger partial charge is 0.419 e. The summed E-state index contributed by atoms with van der Waals surface area (Å²) in [5, 5.41) is 2.88. The molecule has 1 amide bonds. The van der Waals surface area contributed by atoms with Crippen molar-refractivity contribution in [3.05, 3.63) is 71.2 Å². The first kappa shape index (κ1) is 26.3. The molecular formula is C25H25F4N5O3. The normalized spacial score (nSPS) is 14.4. The van der Waals surface area contributed by atoms with E-state index in [0.717, 1.165) is 31.3 Å². The fourth-order valence-corrected chi connectivity index (χ4v) is 3.85. The van der Waals surface area contributed by atoms with Gasteiger partial charge in [-0.1, -0.05) is 24.3 Å². The predicted molar refractivity (Wildman–Crippen MR) is 127 cm³/mol. The van der Waals surface area contributed by atoms with Gasteiger partial charge in [0.1, 0.15) is 12.4 Å². The lowest BCUT2D eigenvalue weighted by Gasteiger charge is -2.26. The Kier molecular flexibility index (Phi) is 8.19. The summed E-state index contributed by atoms with van der Waals surface area (Å²) in [5.74, 6) is -2.02. The third-order valence-electron chi connectivity index (χ3n) is 5.75. The number of anilines is 1. The van der Waals surface area contributed by atoms with Crippen molar-refractivity contribution in [1.82, 2.24) is 20.2 Å². The van der Waals surface area contributed by atoms with Crippen molar-refractivity contribution in [2.24, 2.45) is 0 Å². The number of nitrogens with two attached hydrogens (primary N) is 1. The Labute approximate surface area is 210 Å². The summed E-state index contributed by atoms with van der Waals surface area (Å²) < 4.78 is 64.4. The molecule has 0 saturated carbocycles. The van der Waals surface area contributed by atoms with E-state index in [9.17, 15) is 22.4 Å². The monoisotopic (exact) mass is 519 g/mol. The number of aromatic nitrogens is 2. The van der Waals surface area contributed by atoms with Gasteiger partial charge in [0.15, 0.2) is 5.82 Å². The average molecular weight is 519 g/mol. The first-order chi connectivity index (χ1) is 17.7. The van der Waals surface area contributed by atoms with Gasteiger partial charge in [0.25, 0.3) is 11.8 Å². The molecule has 0 spiro atoms. The maximum absolute atomic E-state index is 13.8. The van der Waals surface area contributed by atoms with E-state index in [0.29, 0.717) is 43.1 Å². The summed E-state index contributed by atoms with van der Waals surface area (Å²) in [6, 6.07) is 9.64. The van der Waals surface area contributed by atoms with Gasteiger partial charge in [0.05, 0.1) is 30.7 Å². The minimum atomic E-state index is -4.90. The zero-order chi connectivity index (χ0) is 26.4. The lowest BCUT2D eigenvalue weighted by atomic mass is 10.1. The SMILES string of the molecule is Nc1ncc(-c2cccc(C(=O)NCCN3CCOCC3)c2)nc1OCc1cccc(F)c1C(F)(F)F. The highest BCUT2D eigenvalue weighted by Gasteiger charge is 2.36. The molecule has 1 aliphatic heterocycles. The zero-order valence-corrected chi connectivity index (χ0v) is 19.7. The standard InChI is InChI=1S/C25H25F4N5O3/c26-19-6-2-5-18(21(19)25(27,28)29)15-37-24-22(30)32-14-20(33-24)16-3-1-4-17(13-16)23(35)31-7-8-34-9-11-36-12-10-34/h1-6,13-14H,7-12,15H2,(H2,30,32)(H,31,35). The highest BCUT2D eigenvalue weighted by Crippen LogP contribution is 2.35. The van der Waals surface area contributed by atoms with Gasteiger partial charge in [-0.2, -0.15) is 13.2 Å². The van der Waals surface area contributed by atoms with Crippen LogP contribution in [-0.4, -0.2) is 60.2 Å². The highest BCUT2D eigenvalue weighted by atomic mass is 19.4. The molecule has 0 aliphatic carbocycles. The van der Waals surface area contributed by atoms with Crippen molar-refractivity contribution in [3.63, 3.8) is 0 Å². The molecule has 196 valence electrons. The summed E-state index contributed by atoms with van der Waals surface area (Å²) in [4.78, 5) is 23.1. The number of amides is 1. The maximum atomic E-state index is 13.8. The van der Waals surface area contributed by atoms with Crippen molar-refractivity contribution in [2.75, 3.05) is 45.1 Å². The van der Waals surface area contributed by atoms with Crippen LogP contribution in [0.1, 0.15) is 21.5 Å². The fraction of sp³-hybridized carbons (Fsp3) is 0.320. The van der Waals surface area contributed by atoms with Gasteiger partial charge >= 0.3 is 6.18 Å². The lowest BCUT2D eigenvalue weighted by molar-refractivity contribution is -0.141. The number of ether oxygens (including phenoxy) is 2. The van der Waals surface area contributed by atoms with Gasteiger partial charge in [-0.05, 0) is 18.2 Å².